The summed E-state index contributed by atoms with van der Waals surface area (Å²) in [5.74, 6) is 0.879. The molecule has 0 amide bonds. The Balaban J connectivity index is 0.00000225. The van der Waals surface area contributed by atoms with Gasteiger partial charge in [-0.1, -0.05) is 18.2 Å². The Morgan fingerprint density at radius 3 is 2.71 bits per heavy atom. The molecule has 3 aromatic rings. The number of nitrogens with one attached hydrogen (secondary N) is 1. The molecule has 150 valence electrons. The van der Waals surface area contributed by atoms with Gasteiger partial charge in [0.15, 0.2) is 0 Å². The third-order valence-electron chi connectivity index (χ3n) is 5.28. The predicted octanol–water partition coefficient (Wildman–Crippen LogP) is 1.62. The van der Waals surface area contributed by atoms with E-state index in [1.807, 2.05) is 24.3 Å². The van der Waals surface area contributed by atoms with E-state index < -0.39 is 0 Å². The molecular formula is C20H25ClN4O3. The maximum atomic E-state index is 12.6. The number of benzene rings is 1. The minimum atomic E-state index is -0.310. The van der Waals surface area contributed by atoms with Crippen LogP contribution in [0, 0.1) is 0 Å². The van der Waals surface area contributed by atoms with E-state index in [1.165, 1.54) is 16.2 Å². The Labute approximate surface area is 169 Å². The molecule has 1 fully saturated rings. The first-order chi connectivity index (χ1) is 13.0. The summed E-state index contributed by atoms with van der Waals surface area (Å²) in [6, 6.07) is 10.3. The molecular weight excluding hydrogens is 380 g/mol. The van der Waals surface area contributed by atoms with Crippen molar-refractivity contribution in [1.82, 2.24) is 19.4 Å². The second kappa shape index (κ2) is 8.34. The Hall–Kier alpha value is -2.35. The lowest BCUT2D eigenvalue weighted by molar-refractivity contribution is 0.175. The van der Waals surface area contributed by atoms with Crippen molar-refractivity contribution in [1.29, 1.82) is 0 Å². The van der Waals surface area contributed by atoms with Crippen molar-refractivity contribution in [2.45, 2.75) is 25.6 Å². The lowest BCUT2D eigenvalue weighted by atomic mass is 10.1. The Morgan fingerprint density at radius 1 is 1.21 bits per heavy atom. The van der Waals surface area contributed by atoms with Gasteiger partial charge in [0.2, 0.25) is 0 Å². The van der Waals surface area contributed by atoms with Crippen LogP contribution in [-0.2, 0) is 27.2 Å². The summed E-state index contributed by atoms with van der Waals surface area (Å²) >= 11 is 0. The molecule has 1 N–H and O–H groups in total. The third-order valence-corrected chi connectivity index (χ3v) is 5.28. The fourth-order valence-corrected chi connectivity index (χ4v) is 3.79. The number of furan rings is 1. The number of hydrogen-bond acceptors (Lipinski definition) is 5. The highest BCUT2D eigenvalue weighted by atomic mass is 35.5. The van der Waals surface area contributed by atoms with Gasteiger partial charge in [0, 0.05) is 50.4 Å². The lowest BCUT2D eigenvalue weighted by Gasteiger charge is -2.27. The molecule has 0 aliphatic carbocycles. The SMILES string of the molecule is Cl.Cn1cc(CN(Cc2cc3ccccc3o2)C2CCNC2)c(=O)n(C)c1=O. The molecule has 28 heavy (non-hydrogen) atoms. The van der Waals surface area contributed by atoms with E-state index in [2.05, 4.69) is 16.3 Å². The predicted molar refractivity (Wildman–Crippen MR) is 111 cm³/mol. The van der Waals surface area contributed by atoms with Crippen molar-refractivity contribution >= 4 is 23.4 Å². The van der Waals surface area contributed by atoms with Crippen LogP contribution < -0.4 is 16.6 Å². The van der Waals surface area contributed by atoms with E-state index in [0.29, 0.717) is 24.7 Å². The van der Waals surface area contributed by atoms with E-state index in [4.69, 9.17) is 4.42 Å². The minimum absolute atomic E-state index is 0. The van der Waals surface area contributed by atoms with Crippen LogP contribution in [0.25, 0.3) is 11.0 Å². The summed E-state index contributed by atoms with van der Waals surface area (Å²) in [7, 11) is 3.20. The monoisotopic (exact) mass is 404 g/mol. The topological polar surface area (TPSA) is 72.4 Å². The van der Waals surface area contributed by atoms with Gasteiger partial charge in [-0.3, -0.25) is 14.3 Å². The number of aromatic nitrogens is 2. The number of nitrogens with zero attached hydrogens (tertiary/aromatic N) is 3. The van der Waals surface area contributed by atoms with Crippen LogP contribution in [0.3, 0.4) is 0 Å². The first kappa shape index (κ1) is 20.4. The van der Waals surface area contributed by atoms with E-state index in [0.717, 1.165) is 36.2 Å². The molecule has 7 nitrogen and oxygen atoms in total. The highest BCUT2D eigenvalue weighted by molar-refractivity contribution is 5.85. The van der Waals surface area contributed by atoms with E-state index >= 15 is 0 Å². The van der Waals surface area contributed by atoms with Crippen LogP contribution >= 0.6 is 12.4 Å². The van der Waals surface area contributed by atoms with Crippen LogP contribution in [0.15, 0.2) is 50.5 Å². The van der Waals surface area contributed by atoms with Crippen molar-refractivity contribution in [3.63, 3.8) is 0 Å². The molecule has 2 aromatic heterocycles. The van der Waals surface area contributed by atoms with Crippen LogP contribution in [0.4, 0.5) is 0 Å². The fourth-order valence-electron chi connectivity index (χ4n) is 3.79. The molecule has 8 heteroatoms. The first-order valence-electron chi connectivity index (χ1n) is 9.20. The third kappa shape index (κ3) is 3.92. The van der Waals surface area contributed by atoms with E-state index in [1.54, 1.807) is 13.2 Å². The molecule has 1 aromatic carbocycles. The maximum Gasteiger partial charge on any atom is 0.330 e. The lowest BCUT2D eigenvalue weighted by Crippen LogP contribution is -2.42. The molecule has 0 saturated carbocycles. The zero-order valence-corrected chi connectivity index (χ0v) is 16.9. The van der Waals surface area contributed by atoms with E-state index in [9.17, 15) is 9.59 Å². The van der Waals surface area contributed by atoms with Crippen LogP contribution in [0.5, 0.6) is 0 Å². The second-order valence-corrected chi connectivity index (χ2v) is 7.21. The van der Waals surface area contributed by atoms with Gasteiger partial charge in [0.05, 0.1) is 6.54 Å². The highest BCUT2D eigenvalue weighted by Crippen LogP contribution is 2.22. The number of para-hydroxylation sites is 1. The Morgan fingerprint density at radius 2 is 2.00 bits per heavy atom. The summed E-state index contributed by atoms with van der Waals surface area (Å²) in [4.78, 5) is 26.8. The fraction of sp³-hybridized carbons (Fsp3) is 0.400. The number of aryl methyl sites for hydroxylation is 1. The van der Waals surface area contributed by atoms with Crippen molar-refractivity contribution in [2.24, 2.45) is 14.1 Å². The second-order valence-electron chi connectivity index (χ2n) is 7.21. The zero-order chi connectivity index (χ0) is 19.0. The molecule has 3 heterocycles. The average molecular weight is 405 g/mol. The van der Waals surface area contributed by atoms with Gasteiger partial charge in [0.25, 0.3) is 5.56 Å². The van der Waals surface area contributed by atoms with Gasteiger partial charge in [-0.2, -0.15) is 0 Å². The maximum absolute atomic E-state index is 12.6. The van der Waals surface area contributed by atoms with Crippen molar-refractivity contribution < 1.29 is 4.42 Å². The van der Waals surface area contributed by atoms with Crippen LogP contribution in [0.1, 0.15) is 17.7 Å². The van der Waals surface area contributed by atoms with Gasteiger partial charge in [0.1, 0.15) is 11.3 Å². The summed E-state index contributed by atoms with van der Waals surface area (Å²) in [5, 5.41) is 4.47. The van der Waals surface area contributed by atoms with E-state index in [-0.39, 0.29) is 23.7 Å². The number of rotatable bonds is 5. The van der Waals surface area contributed by atoms with Gasteiger partial charge in [-0.15, -0.1) is 12.4 Å². The normalized spacial score (nSPS) is 16.6. The molecule has 1 aliphatic rings. The standard InChI is InChI=1S/C20H24N4O3.ClH/c1-22-11-15(19(25)23(2)20(22)26)12-24(16-7-8-21-10-16)13-17-9-14-5-3-4-6-18(14)27-17;/h3-6,9,11,16,21H,7-8,10,12-13H2,1-2H3;1H. The first-order valence-corrected chi connectivity index (χ1v) is 9.20. The number of halogens is 1. The zero-order valence-electron chi connectivity index (χ0n) is 16.1. The molecule has 1 atom stereocenters. The average Bonchev–Trinajstić information content (AvgIpc) is 3.32. The molecule has 1 aliphatic heterocycles. The summed E-state index contributed by atoms with van der Waals surface area (Å²) < 4.78 is 8.62. The molecule has 0 radical (unpaired) electrons. The van der Waals surface area contributed by atoms with Gasteiger partial charge < -0.3 is 14.3 Å². The number of hydrogen-bond donors (Lipinski definition) is 1. The largest absolute Gasteiger partial charge is 0.460 e. The molecule has 0 spiro atoms. The van der Waals surface area contributed by atoms with Crippen molar-refractivity contribution in [2.75, 3.05) is 13.1 Å². The smallest absolute Gasteiger partial charge is 0.330 e. The molecule has 0 bridgehead atoms. The van der Waals surface area contributed by atoms with Gasteiger partial charge in [-0.05, 0) is 25.1 Å². The summed E-state index contributed by atoms with van der Waals surface area (Å²) in [5.41, 5.74) is 0.936. The van der Waals surface area contributed by atoms with Crippen LogP contribution in [0.2, 0.25) is 0 Å². The summed E-state index contributed by atoms with van der Waals surface area (Å²) in [6.45, 7) is 2.94. The van der Waals surface area contributed by atoms with Crippen LogP contribution in [-0.4, -0.2) is 33.2 Å². The van der Waals surface area contributed by atoms with Crippen molar-refractivity contribution in [3.8, 4) is 0 Å². The molecule has 1 unspecified atom stereocenters. The minimum Gasteiger partial charge on any atom is -0.460 e. The quantitative estimate of drug-likeness (QED) is 0.699. The molecule has 4 rings (SSSR count). The van der Waals surface area contributed by atoms with Crippen molar-refractivity contribution in [3.05, 3.63) is 68.7 Å². The Bertz CT molecular complexity index is 1050. The summed E-state index contributed by atoms with van der Waals surface area (Å²) in [6.07, 6.45) is 2.67. The van der Waals surface area contributed by atoms with Gasteiger partial charge in [-0.25, -0.2) is 4.79 Å². The number of fused-ring (bicyclic) bond motifs is 1. The van der Waals surface area contributed by atoms with Gasteiger partial charge >= 0.3 is 5.69 Å². The highest BCUT2D eigenvalue weighted by Gasteiger charge is 2.25. The Kier molecular flexibility index (Phi) is 6.07. The molecule has 1 saturated heterocycles.